The molecular weight excluding hydrogens is 376 g/mol. The predicted octanol–water partition coefficient (Wildman–Crippen LogP) is 2.57. The second-order valence-corrected chi connectivity index (χ2v) is 8.26. The van der Waals surface area contributed by atoms with Crippen LogP contribution in [0.15, 0.2) is 48.0 Å². The highest BCUT2D eigenvalue weighted by Gasteiger charge is 2.38. The van der Waals surface area contributed by atoms with Crippen molar-refractivity contribution in [1.29, 1.82) is 0 Å². The molecule has 4 rings (SSSR count). The van der Waals surface area contributed by atoms with Crippen molar-refractivity contribution in [2.24, 2.45) is 4.99 Å². The number of imidazole rings is 1. The summed E-state index contributed by atoms with van der Waals surface area (Å²) in [6.07, 6.45) is 12.1. The fourth-order valence-corrected chi connectivity index (χ4v) is 4.81. The predicted molar refractivity (Wildman–Crippen MR) is 120 cm³/mol. The molecule has 2 aromatic rings. The van der Waals surface area contributed by atoms with Crippen LogP contribution in [0.5, 0.6) is 0 Å². The zero-order valence-corrected chi connectivity index (χ0v) is 18.0. The lowest BCUT2D eigenvalue weighted by Gasteiger charge is -2.48. The van der Waals surface area contributed by atoms with Gasteiger partial charge < -0.3 is 19.9 Å². The molecule has 1 aromatic heterocycles. The van der Waals surface area contributed by atoms with Crippen molar-refractivity contribution in [1.82, 2.24) is 25.1 Å². The van der Waals surface area contributed by atoms with E-state index < -0.39 is 0 Å². The van der Waals surface area contributed by atoms with E-state index in [1.807, 2.05) is 24.1 Å². The van der Waals surface area contributed by atoms with Crippen molar-refractivity contribution in [3.8, 4) is 5.69 Å². The molecule has 2 heterocycles. The number of hydrogen-bond acceptors (Lipinski definition) is 4. The summed E-state index contributed by atoms with van der Waals surface area (Å²) in [4.78, 5) is 11.3. The Morgan fingerprint density at radius 3 is 2.67 bits per heavy atom. The third-order valence-corrected chi connectivity index (χ3v) is 6.50. The first kappa shape index (κ1) is 20.9. The van der Waals surface area contributed by atoms with E-state index in [4.69, 9.17) is 4.74 Å². The Balaban J connectivity index is 1.39. The van der Waals surface area contributed by atoms with Crippen LogP contribution in [0.25, 0.3) is 5.69 Å². The minimum absolute atomic E-state index is 0.217. The smallest absolute Gasteiger partial charge is 0.191 e. The Bertz CT molecular complexity index is 807. The van der Waals surface area contributed by atoms with E-state index in [9.17, 15) is 0 Å². The maximum absolute atomic E-state index is 5.61. The quantitative estimate of drug-likeness (QED) is 0.566. The molecule has 1 saturated heterocycles. The summed E-state index contributed by atoms with van der Waals surface area (Å²) in [6.45, 7) is 5.39. The van der Waals surface area contributed by atoms with Gasteiger partial charge >= 0.3 is 0 Å². The van der Waals surface area contributed by atoms with Crippen molar-refractivity contribution < 1.29 is 4.74 Å². The van der Waals surface area contributed by atoms with E-state index in [2.05, 4.69) is 49.8 Å². The average Bonchev–Trinajstić information content (AvgIpc) is 3.35. The zero-order valence-electron chi connectivity index (χ0n) is 18.0. The minimum Gasteiger partial charge on any atom is -0.379 e. The van der Waals surface area contributed by atoms with Gasteiger partial charge in [0.15, 0.2) is 5.96 Å². The Labute approximate surface area is 179 Å². The SMILES string of the molecule is CN=C(NCc1ccccc1-n1ccnc1)NCC1(N2CCOCC2)CCCCC1. The highest BCUT2D eigenvalue weighted by atomic mass is 16.5. The normalized spacial score (nSPS) is 20.1. The van der Waals surface area contributed by atoms with Gasteiger partial charge in [0.05, 0.1) is 25.2 Å². The molecule has 162 valence electrons. The molecule has 0 spiro atoms. The summed E-state index contributed by atoms with van der Waals surface area (Å²) in [5, 5.41) is 7.15. The summed E-state index contributed by atoms with van der Waals surface area (Å²) in [5.41, 5.74) is 2.56. The van der Waals surface area contributed by atoms with E-state index in [1.54, 1.807) is 6.20 Å². The van der Waals surface area contributed by atoms with Gasteiger partial charge in [-0.2, -0.15) is 0 Å². The van der Waals surface area contributed by atoms with Gasteiger partial charge in [-0.15, -0.1) is 0 Å². The van der Waals surface area contributed by atoms with E-state index in [0.717, 1.165) is 44.5 Å². The topological polar surface area (TPSA) is 66.7 Å². The van der Waals surface area contributed by atoms with E-state index in [-0.39, 0.29) is 5.54 Å². The number of guanidine groups is 1. The molecule has 7 nitrogen and oxygen atoms in total. The number of hydrogen-bond donors (Lipinski definition) is 2. The lowest BCUT2D eigenvalue weighted by atomic mass is 9.80. The number of aromatic nitrogens is 2. The van der Waals surface area contributed by atoms with E-state index in [1.165, 1.54) is 37.7 Å². The first-order valence-corrected chi connectivity index (χ1v) is 11.1. The number of nitrogens with one attached hydrogen (secondary N) is 2. The van der Waals surface area contributed by atoms with Crippen molar-refractivity contribution in [3.05, 3.63) is 48.5 Å². The third kappa shape index (κ3) is 4.84. The van der Waals surface area contributed by atoms with Gasteiger partial charge in [0.25, 0.3) is 0 Å². The van der Waals surface area contributed by atoms with Gasteiger partial charge in [0.1, 0.15) is 0 Å². The molecule has 1 aliphatic heterocycles. The molecular formula is C23H34N6O. The molecule has 7 heteroatoms. The highest BCUT2D eigenvalue weighted by molar-refractivity contribution is 5.79. The third-order valence-electron chi connectivity index (χ3n) is 6.50. The average molecular weight is 411 g/mol. The maximum atomic E-state index is 5.61. The molecule has 0 atom stereocenters. The van der Waals surface area contributed by atoms with Crippen LogP contribution in [0.4, 0.5) is 0 Å². The fraction of sp³-hybridized carbons (Fsp3) is 0.565. The summed E-state index contributed by atoms with van der Waals surface area (Å²) in [5.74, 6) is 0.855. The molecule has 2 aliphatic rings. The highest BCUT2D eigenvalue weighted by Crippen LogP contribution is 2.33. The zero-order chi connectivity index (χ0) is 20.7. The number of para-hydroxylation sites is 1. The van der Waals surface area contributed by atoms with Crippen molar-refractivity contribution in [3.63, 3.8) is 0 Å². The molecule has 1 aliphatic carbocycles. The Hall–Kier alpha value is -2.38. The van der Waals surface area contributed by atoms with Crippen LogP contribution in [0.2, 0.25) is 0 Å². The number of rotatable bonds is 6. The number of nitrogens with zero attached hydrogens (tertiary/aromatic N) is 4. The minimum atomic E-state index is 0.217. The van der Waals surface area contributed by atoms with Gasteiger partial charge in [0.2, 0.25) is 0 Å². The second kappa shape index (κ2) is 10.1. The molecule has 0 bridgehead atoms. The second-order valence-electron chi connectivity index (χ2n) is 8.26. The van der Waals surface area contributed by atoms with Crippen LogP contribution in [-0.2, 0) is 11.3 Å². The Kier molecular flexibility index (Phi) is 7.02. The molecule has 2 fully saturated rings. The lowest BCUT2D eigenvalue weighted by Crippen LogP contribution is -2.60. The Morgan fingerprint density at radius 1 is 1.13 bits per heavy atom. The lowest BCUT2D eigenvalue weighted by molar-refractivity contribution is -0.0352. The molecule has 1 saturated carbocycles. The number of morpholine rings is 1. The van der Waals surface area contributed by atoms with Crippen LogP contribution in [0, 0.1) is 0 Å². The van der Waals surface area contributed by atoms with Crippen LogP contribution < -0.4 is 10.6 Å². The summed E-state index contributed by atoms with van der Waals surface area (Å²) >= 11 is 0. The fourth-order valence-electron chi connectivity index (χ4n) is 4.81. The number of benzene rings is 1. The van der Waals surface area contributed by atoms with Crippen LogP contribution in [0.3, 0.4) is 0 Å². The van der Waals surface area contributed by atoms with Gasteiger partial charge in [-0.3, -0.25) is 9.89 Å². The number of aliphatic imine (C=N–C) groups is 1. The first-order valence-electron chi connectivity index (χ1n) is 11.1. The molecule has 0 radical (unpaired) electrons. The molecule has 2 N–H and O–H groups in total. The number of ether oxygens (including phenoxy) is 1. The molecule has 1 aromatic carbocycles. The van der Waals surface area contributed by atoms with Crippen molar-refractivity contribution >= 4 is 5.96 Å². The van der Waals surface area contributed by atoms with Crippen LogP contribution in [-0.4, -0.2) is 65.8 Å². The van der Waals surface area contributed by atoms with E-state index in [0.29, 0.717) is 6.54 Å². The molecule has 0 unspecified atom stereocenters. The monoisotopic (exact) mass is 410 g/mol. The summed E-state index contributed by atoms with van der Waals surface area (Å²) in [6, 6.07) is 8.39. The van der Waals surface area contributed by atoms with Gasteiger partial charge in [0, 0.05) is 51.2 Å². The summed E-state index contributed by atoms with van der Waals surface area (Å²) in [7, 11) is 1.85. The van der Waals surface area contributed by atoms with Crippen LogP contribution in [0.1, 0.15) is 37.7 Å². The first-order chi connectivity index (χ1) is 14.8. The van der Waals surface area contributed by atoms with Crippen LogP contribution >= 0.6 is 0 Å². The van der Waals surface area contributed by atoms with Crippen molar-refractivity contribution in [2.45, 2.75) is 44.2 Å². The standard InChI is InChI=1S/C23H34N6O/c1-24-22(26-17-20-7-3-4-8-21(20)28-12-11-25-19-28)27-18-23(9-5-2-6-10-23)29-13-15-30-16-14-29/h3-4,7-8,11-12,19H,2,5-6,9-10,13-18H2,1H3,(H2,24,26,27). The van der Waals surface area contributed by atoms with Gasteiger partial charge in [-0.1, -0.05) is 37.5 Å². The molecule has 30 heavy (non-hydrogen) atoms. The molecule has 0 amide bonds. The van der Waals surface area contributed by atoms with Gasteiger partial charge in [-0.25, -0.2) is 4.98 Å². The largest absolute Gasteiger partial charge is 0.379 e. The Morgan fingerprint density at radius 2 is 1.93 bits per heavy atom. The van der Waals surface area contributed by atoms with Gasteiger partial charge in [-0.05, 0) is 24.5 Å². The maximum Gasteiger partial charge on any atom is 0.191 e. The van der Waals surface area contributed by atoms with E-state index >= 15 is 0 Å². The summed E-state index contributed by atoms with van der Waals surface area (Å²) < 4.78 is 7.65. The van der Waals surface area contributed by atoms with Crippen molar-refractivity contribution in [2.75, 3.05) is 39.9 Å².